The highest BCUT2D eigenvalue weighted by atomic mass is 16.5. The molecule has 5 rings (SSSR count). The lowest BCUT2D eigenvalue weighted by Gasteiger charge is -2.33. The number of nitrogens with zero attached hydrogens (tertiary/aromatic N) is 1. The second-order valence-electron chi connectivity index (χ2n) is 8.04. The number of rotatable bonds is 5. The van der Waals surface area contributed by atoms with E-state index in [2.05, 4.69) is 102 Å². The zero-order chi connectivity index (χ0) is 22.5. The fourth-order valence-corrected chi connectivity index (χ4v) is 4.22. The van der Waals surface area contributed by atoms with E-state index < -0.39 is 0 Å². The summed E-state index contributed by atoms with van der Waals surface area (Å²) in [7, 11) is 1.69. The van der Waals surface area contributed by atoms with Crippen LogP contribution in [0.5, 0.6) is 5.75 Å². The van der Waals surface area contributed by atoms with Gasteiger partial charge in [-0.3, -0.25) is 10.3 Å². The predicted molar refractivity (Wildman–Crippen MR) is 135 cm³/mol. The summed E-state index contributed by atoms with van der Waals surface area (Å²) in [5, 5.41) is 3.80. The zero-order valence-electron chi connectivity index (χ0n) is 18.6. The molecule has 0 aliphatic carbocycles. The van der Waals surface area contributed by atoms with E-state index in [4.69, 9.17) is 9.73 Å². The third kappa shape index (κ3) is 4.64. The molecule has 2 atom stereocenters. The summed E-state index contributed by atoms with van der Waals surface area (Å²) < 4.78 is 5.39. The van der Waals surface area contributed by atoms with Crippen molar-refractivity contribution in [3.05, 3.63) is 143 Å². The van der Waals surface area contributed by atoms with E-state index in [0.717, 1.165) is 33.7 Å². The molecule has 0 spiro atoms. The van der Waals surface area contributed by atoms with Gasteiger partial charge in [-0.1, -0.05) is 91.0 Å². The molecule has 2 unspecified atom stereocenters. The lowest BCUT2D eigenvalue weighted by atomic mass is 9.87. The van der Waals surface area contributed by atoms with Crippen molar-refractivity contribution in [2.45, 2.75) is 12.2 Å². The summed E-state index contributed by atoms with van der Waals surface area (Å²) in [4.78, 5) is 5.23. The van der Waals surface area contributed by atoms with Crippen molar-refractivity contribution in [1.29, 1.82) is 0 Å². The molecule has 4 aromatic rings. The summed E-state index contributed by atoms with van der Waals surface area (Å²) >= 11 is 0. The van der Waals surface area contributed by atoms with Crippen LogP contribution < -0.4 is 10.1 Å². The van der Waals surface area contributed by atoms with E-state index in [0.29, 0.717) is 0 Å². The topological polar surface area (TPSA) is 33.6 Å². The number of hydrogen-bond acceptors (Lipinski definition) is 3. The zero-order valence-corrected chi connectivity index (χ0v) is 18.6. The Morgan fingerprint density at radius 1 is 0.697 bits per heavy atom. The van der Waals surface area contributed by atoms with Crippen molar-refractivity contribution in [1.82, 2.24) is 5.32 Å². The Hall–Kier alpha value is -3.95. The van der Waals surface area contributed by atoms with Crippen LogP contribution in [-0.4, -0.2) is 12.8 Å². The Morgan fingerprint density at radius 3 is 1.88 bits per heavy atom. The van der Waals surface area contributed by atoms with E-state index in [-0.39, 0.29) is 12.2 Å². The lowest BCUT2D eigenvalue weighted by molar-refractivity contribution is 0.415. The van der Waals surface area contributed by atoms with Gasteiger partial charge in [-0.2, -0.15) is 0 Å². The standard InChI is InChI=1S/C30H26N2O/c1-33-26-19-17-24(18-20-26)29-27(21-22-11-5-2-6-12-22)28(23-13-7-3-8-14-23)31-30(32-29)25-15-9-4-10-16-25/h2-21,28,30-31H,1H3. The van der Waals surface area contributed by atoms with Gasteiger partial charge in [0.05, 0.1) is 18.9 Å². The summed E-state index contributed by atoms with van der Waals surface area (Å²) in [5.74, 6) is 0.834. The first-order chi connectivity index (χ1) is 16.3. The van der Waals surface area contributed by atoms with Crippen molar-refractivity contribution in [2.24, 2.45) is 4.99 Å². The molecule has 0 amide bonds. The van der Waals surface area contributed by atoms with E-state index in [9.17, 15) is 0 Å². The average molecular weight is 431 g/mol. The highest BCUT2D eigenvalue weighted by Gasteiger charge is 2.30. The number of ether oxygens (including phenoxy) is 1. The van der Waals surface area contributed by atoms with Gasteiger partial charge in [-0.15, -0.1) is 0 Å². The third-order valence-corrected chi connectivity index (χ3v) is 5.90. The number of nitrogens with one attached hydrogen (secondary N) is 1. The lowest BCUT2D eigenvalue weighted by Crippen LogP contribution is -2.35. The van der Waals surface area contributed by atoms with Gasteiger partial charge in [0, 0.05) is 11.1 Å². The molecule has 0 aromatic heterocycles. The second kappa shape index (κ2) is 9.68. The van der Waals surface area contributed by atoms with Crippen LogP contribution in [0.4, 0.5) is 0 Å². The second-order valence-corrected chi connectivity index (χ2v) is 8.04. The Kier molecular flexibility index (Phi) is 6.14. The van der Waals surface area contributed by atoms with Crippen LogP contribution in [0.3, 0.4) is 0 Å². The van der Waals surface area contributed by atoms with Gasteiger partial charge in [0.15, 0.2) is 0 Å². The molecule has 1 N–H and O–H groups in total. The van der Waals surface area contributed by atoms with Crippen molar-refractivity contribution < 1.29 is 4.74 Å². The molecule has 0 fully saturated rings. The molecule has 1 aliphatic rings. The van der Waals surface area contributed by atoms with Crippen LogP contribution >= 0.6 is 0 Å². The van der Waals surface area contributed by atoms with Crippen molar-refractivity contribution in [2.75, 3.05) is 7.11 Å². The molecule has 162 valence electrons. The first kappa shape index (κ1) is 20.9. The largest absolute Gasteiger partial charge is 0.497 e. The van der Waals surface area contributed by atoms with Gasteiger partial charge in [0.2, 0.25) is 0 Å². The quantitative estimate of drug-likeness (QED) is 0.386. The Bertz CT molecular complexity index is 1250. The fourth-order valence-electron chi connectivity index (χ4n) is 4.22. The predicted octanol–water partition coefficient (Wildman–Crippen LogP) is 6.61. The molecule has 33 heavy (non-hydrogen) atoms. The van der Waals surface area contributed by atoms with Crippen LogP contribution in [0.25, 0.3) is 6.08 Å². The maximum atomic E-state index is 5.39. The van der Waals surface area contributed by atoms with Gasteiger partial charge in [-0.25, -0.2) is 0 Å². The first-order valence-electron chi connectivity index (χ1n) is 11.2. The van der Waals surface area contributed by atoms with E-state index >= 15 is 0 Å². The normalized spacial score (nSPS) is 19.2. The van der Waals surface area contributed by atoms with E-state index in [1.54, 1.807) is 7.11 Å². The average Bonchev–Trinajstić information content (AvgIpc) is 2.90. The minimum atomic E-state index is -0.151. The van der Waals surface area contributed by atoms with Crippen LogP contribution in [0.1, 0.15) is 34.5 Å². The minimum absolute atomic E-state index is 0.00814. The summed E-state index contributed by atoms with van der Waals surface area (Å²) in [6.45, 7) is 0. The Balaban J connectivity index is 1.70. The molecule has 1 heterocycles. The molecule has 0 radical (unpaired) electrons. The van der Waals surface area contributed by atoms with Crippen molar-refractivity contribution >= 4 is 11.8 Å². The number of aliphatic imine (C=N–C) groups is 1. The molecule has 0 bridgehead atoms. The minimum Gasteiger partial charge on any atom is -0.497 e. The van der Waals surface area contributed by atoms with Gasteiger partial charge >= 0.3 is 0 Å². The van der Waals surface area contributed by atoms with E-state index in [1.807, 2.05) is 24.3 Å². The summed E-state index contributed by atoms with van der Waals surface area (Å²) in [6.07, 6.45) is 2.09. The Labute approximate surface area is 195 Å². The maximum Gasteiger partial charge on any atom is 0.127 e. The monoisotopic (exact) mass is 430 g/mol. The molecule has 0 saturated carbocycles. The van der Waals surface area contributed by atoms with Gasteiger partial charge in [0.1, 0.15) is 11.9 Å². The first-order valence-corrected chi connectivity index (χ1v) is 11.2. The number of hydrogen-bond donors (Lipinski definition) is 1. The number of methoxy groups -OCH3 is 1. The summed E-state index contributed by atoms with van der Waals surface area (Å²) in [5.41, 5.74) is 6.70. The molecule has 1 aliphatic heterocycles. The molecule has 3 nitrogen and oxygen atoms in total. The van der Waals surface area contributed by atoms with Crippen LogP contribution in [0, 0.1) is 0 Å². The van der Waals surface area contributed by atoms with Gasteiger partial charge < -0.3 is 4.74 Å². The van der Waals surface area contributed by atoms with Gasteiger partial charge in [-0.05, 0) is 47.0 Å². The number of benzene rings is 4. The van der Waals surface area contributed by atoms with Crippen molar-refractivity contribution in [3.63, 3.8) is 0 Å². The Morgan fingerprint density at radius 2 is 1.27 bits per heavy atom. The highest BCUT2D eigenvalue weighted by molar-refractivity contribution is 6.16. The van der Waals surface area contributed by atoms with Crippen LogP contribution in [-0.2, 0) is 0 Å². The van der Waals surface area contributed by atoms with E-state index in [1.165, 1.54) is 5.56 Å². The molecular weight excluding hydrogens is 404 g/mol. The molecule has 0 saturated heterocycles. The summed E-state index contributed by atoms with van der Waals surface area (Å²) in [6, 6.07) is 39.6. The SMILES string of the molecule is COc1ccc(C2=NC(c3ccccc3)NC(c3ccccc3)C2=Cc2ccccc2)cc1. The smallest absolute Gasteiger partial charge is 0.127 e. The maximum absolute atomic E-state index is 5.39. The highest BCUT2D eigenvalue weighted by Crippen LogP contribution is 2.36. The third-order valence-electron chi connectivity index (χ3n) is 5.90. The van der Waals surface area contributed by atoms with Gasteiger partial charge in [0.25, 0.3) is 0 Å². The van der Waals surface area contributed by atoms with Crippen molar-refractivity contribution in [3.8, 4) is 5.75 Å². The molecular formula is C30H26N2O. The van der Waals surface area contributed by atoms with Crippen LogP contribution in [0.2, 0.25) is 0 Å². The molecule has 3 heteroatoms. The molecule has 4 aromatic carbocycles. The van der Waals surface area contributed by atoms with Crippen LogP contribution in [0.15, 0.2) is 126 Å². The fraction of sp³-hybridized carbons (Fsp3) is 0.100.